The molecule has 0 aliphatic heterocycles. The highest BCUT2D eigenvalue weighted by Gasteiger charge is 2.22. The monoisotopic (exact) mass is 382 g/mol. The van der Waals surface area contributed by atoms with Crippen molar-refractivity contribution in [2.24, 2.45) is 7.05 Å². The second-order valence-electron chi connectivity index (χ2n) is 7.64. The van der Waals surface area contributed by atoms with E-state index in [1.165, 1.54) is 5.56 Å². The SMILES string of the molecule is CCCCc1c(C(=O)Nc2c(CC)cc(C)cc2CC)c(=O)c(C)c(C)n1C. The first-order valence-electron chi connectivity index (χ1n) is 10.4. The van der Waals surface area contributed by atoms with Gasteiger partial charge in [0.1, 0.15) is 5.56 Å². The first-order chi connectivity index (χ1) is 13.3. The Morgan fingerprint density at radius 2 is 1.61 bits per heavy atom. The Labute approximate surface area is 169 Å². The fourth-order valence-corrected chi connectivity index (χ4v) is 3.81. The molecule has 0 atom stereocenters. The third-order valence-corrected chi connectivity index (χ3v) is 5.75. The van der Waals surface area contributed by atoms with Crippen LogP contribution in [0.1, 0.15) is 77.6 Å². The molecule has 152 valence electrons. The van der Waals surface area contributed by atoms with Crippen LogP contribution in [0.5, 0.6) is 0 Å². The number of unbranched alkanes of at least 4 members (excludes halogenated alkanes) is 1. The minimum Gasteiger partial charge on any atom is -0.351 e. The van der Waals surface area contributed by atoms with Crippen molar-refractivity contribution in [3.63, 3.8) is 0 Å². The Morgan fingerprint density at radius 3 is 2.11 bits per heavy atom. The molecule has 1 aromatic heterocycles. The summed E-state index contributed by atoms with van der Waals surface area (Å²) in [6, 6.07) is 4.23. The van der Waals surface area contributed by atoms with Crippen LogP contribution in [0.3, 0.4) is 0 Å². The number of nitrogens with zero attached hydrogens (tertiary/aromatic N) is 1. The van der Waals surface area contributed by atoms with Crippen LogP contribution in [0, 0.1) is 20.8 Å². The lowest BCUT2D eigenvalue weighted by Gasteiger charge is -2.20. The van der Waals surface area contributed by atoms with E-state index in [9.17, 15) is 9.59 Å². The molecule has 1 amide bonds. The highest BCUT2D eigenvalue weighted by atomic mass is 16.2. The molecule has 28 heavy (non-hydrogen) atoms. The molecule has 0 unspecified atom stereocenters. The molecule has 0 saturated carbocycles. The Morgan fingerprint density at radius 1 is 1.04 bits per heavy atom. The number of nitrogens with one attached hydrogen (secondary N) is 1. The highest BCUT2D eigenvalue weighted by Crippen LogP contribution is 2.26. The van der Waals surface area contributed by atoms with Crippen molar-refractivity contribution in [1.29, 1.82) is 0 Å². The average Bonchev–Trinajstić information content (AvgIpc) is 2.68. The molecule has 4 nitrogen and oxygen atoms in total. The zero-order valence-corrected chi connectivity index (χ0v) is 18.5. The topological polar surface area (TPSA) is 51.1 Å². The predicted molar refractivity (Wildman–Crippen MR) is 118 cm³/mol. The molecule has 0 fully saturated rings. The molecule has 1 heterocycles. The Bertz CT molecular complexity index is 914. The maximum absolute atomic E-state index is 13.3. The van der Waals surface area contributed by atoms with Gasteiger partial charge in [-0.05, 0) is 57.6 Å². The van der Waals surface area contributed by atoms with E-state index < -0.39 is 0 Å². The van der Waals surface area contributed by atoms with Crippen molar-refractivity contribution in [3.05, 3.63) is 61.6 Å². The number of hydrogen-bond donors (Lipinski definition) is 1. The summed E-state index contributed by atoms with van der Waals surface area (Å²) in [7, 11) is 1.95. The maximum atomic E-state index is 13.3. The van der Waals surface area contributed by atoms with Gasteiger partial charge in [0, 0.05) is 29.7 Å². The van der Waals surface area contributed by atoms with Crippen molar-refractivity contribution >= 4 is 11.6 Å². The number of aryl methyl sites for hydroxylation is 3. The Hall–Kier alpha value is -2.36. The van der Waals surface area contributed by atoms with Gasteiger partial charge in [-0.1, -0.05) is 44.9 Å². The van der Waals surface area contributed by atoms with Gasteiger partial charge in [-0.25, -0.2) is 0 Å². The molecule has 0 aliphatic rings. The molecule has 2 aromatic rings. The lowest BCUT2D eigenvalue weighted by atomic mass is 9.98. The molecule has 0 bridgehead atoms. The number of rotatable bonds is 7. The summed E-state index contributed by atoms with van der Waals surface area (Å²) in [5, 5.41) is 3.10. The molecular formula is C24H34N2O2. The molecule has 4 heteroatoms. The van der Waals surface area contributed by atoms with Crippen LogP contribution in [0.15, 0.2) is 16.9 Å². The summed E-state index contributed by atoms with van der Waals surface area (Å²) in [5.41, 5.74) is 6.82. The van der Waals surface area contributed by atoms with E-state index in [2.05, 4.69) is 45.1 Å². The van der Waals surface area contributed by atoms with E-state index in [1.807, 2.05) is 18.5 Å². The minimum atomic E-state index is -0.289. The predicted octanol–water partition coefficient (Wildman–Crippen LogP) is 5.03. The van der Waals surface area contributed by atoms with E-state index in [-0.39, 0.29) is 11.3 Å². The molecule has 1 N–H and O–H groups in total. The van der Waals surface area contributed by atoms with Crippen molar-refractivity contribution in [1.82, 2.24) is 4.57 Å². The Kier molecular flexibility index (Phi) is 7.22. The summed E-state index contributed by atoms with van der Waals surface area (Å²) in [6.07, 6.45) is 4.35. The van der Waals surface area contributed by atoms with Crippen LogP contribution in [-0.2, 0) is 26.3 Å². The second-order valence-corrected chi connectivity index (χ2v) is 7.64. The van der Waals surface area contributed by atoms with Crippen molar-refractivity contribution in [3.8, 4) is 0 Å². The van der Waals surface area contributed by atoms with E-state index in [4.69, 9.17) is 0 Å². The number of benzene rings is 1. The van der Waals surface area contributed by atoms with Crippen LogP contribution in [0.4, 0.5) is 5.69 Å². The third-order valence-electron chi connectivity index (χ3n) is 5.75. The number of carbonyl (C=O) groups excluding carboxylic acids is 1. The van der Waals surface area contributed by atoms with Crippen LogP contribution in [0.2, 0.25) is 0 Å². The average molecular weight is 383 g/mol. The highest BCUT2D eigenvalue weighted by molar-refractivity contribution is 6.06. The van der Waals surface area contributed by atoms with Crippen molar-refractivity contribution in [2.75, 3.05) is 5.32 Å². The number of hydrogen-bond acceptors (Lipinski definition) is 2. The van der Waals surface area contributed by atoms with E-state index in [0.717, 1.165) is 60.3 Å². The first kappa shape index (κ1) is 21.9. The summed E-state index contributed by atoms with van der Waals surface area (Å²) in [6.45, 7) is 12.1. The van der Waals surface area contributed by atoms with Gasteiger partial charge in [0.05, 0.1) is 0 Å². The van der Waals surface area contributed by atoms with Crippen LogP contribution < -0.4 is 10.7 Å². The largest absolute Gasteiger partial charge is 0.351 e. The zero-order valence-electron chi connectivity index (χ0n) is 18.5. The van der Waals surface area contributed by atoms with Gasteiger partial charge in [-0.2, -0.15) is 0 Å². The molecule has 1 aromatic carbocycles. The molecule has 0 spiro atoms. The lowest BCUT2D eigenvalue weighted by Crippen LogP contribution is -2.30. The van der Waals surface area contributed by atoms with E-state index >= 15 is 0 Å². The van der Waals surface area contributed by atoms with Gasteiger partial charge in [0.25, 0.3) is 5.91 Å². The fourth-order valence-electron chi connectivity index (χ4n) is 3.81. The summed E-state index contributed by atoms with van der Waals surface area (Å²) >= 11 is 0. The van der Waals surface area contributed by atoms with Crippen LogP contribution in [-0.4, -0.2) is 10.5 Å². The van der Waals surface area contributed by atoms with E-state index in [1.54, 1.807) is 6.92 Å². The van der Waals surface area contributed by atoms with Gasteiger partial charge in [-0.3, -0.25) is 9.59 Å². The fraction of sp³-hybridized carbons (Fsp3) is 0.500. The maximum Gasteiger partial charge on any atom is 0.261 e. The molecular weight excluding hydrogens is 348 g/mol. The second kappa shape index (κ2) is 9.22. The molecule has 0 saturated heterocycles. The van der Waals surface area contributed by atoms with Gasteiger partial charge < -0.3 is 9.88 Å². The van der Waals surface area contributed by atoms with Gasteiger partial charge in [-0.15, -0.1) is 0 Å². The third kappa shape index (κ3) is 4.21. The number of anilines is 1. The van der Waals surface area contributed by atoms with Gasteiger partial charge in [0.2, 0.25) is 0 Å². The summed E-state index contributed by atoms with van der Waals surface area (Å²) in [5.74, 6) is -0.289. The van der Waals surface area contributed by atoms with Crippen molar-refractivity contribution < 1.29 is 4.79 Å². The van der Waals surface area contributed by atoms with Crippen LogP contribution in [0.25, 0.3) is 0 Å². The molecule has 0 aliphatic carbocycles. The summed E-state index contributed by atoms with van der Waals surface area (Å²) in [4.78, 5) is 26.4. The Balaban J connectivity index is 2.61. The summed E-state index contributed by atoms with van der Waals surface area (Å²) < 4.78 is 2.01. The van der Waals surface area contributed by atoms with Gasteiger partial charge in [0.15, 0.2) is 5.43 Å². The number of pyridine rings is 1. The minimum absolute atomic E-state index is 0.151. The molecule has 0 radical (unpaired) electrons. The number of amides is 1. The molecule has 2 rings (SSSR count). The van der Waals surface area contributed by atoms with Crippen molar-refractivity contribution in [2.45, 2.75) is 73.6 Å². The van der Waals surface area contributed by atoms with Crippen LogP contribution >= 0.6 is 0 Å². The standard InChI is InChI=1S/C24H34N2O2/c1-8-11-12-20-21(23(27)16(5)17(6)26(20)7)24(28)25-22-18(9-2)13-15(4)14-19(22)10-3/h13-14H,8-12H2,1-7H3,(H,25,28). The normalized spacial score (nSPS) is 11.0. The van der Waals surface area contributed by atoms with Gasteiger partial charge >= 0.3 is 0 Å². The number of carbonyl (C=O) groups is 1. The lowest BCUT2D eigenvalue weighted by molar-refractivity contribution is 0.102. The smallest absolute Gasteiger partial charge is 0.261 e. The number of aromatic nitrogens is 1. The first-order valence-corrected chi connectivity index (χ1v) is 10.4. The zero-order chi connectivity index (χ0) is 21.0. The van der Waals surface area contributed by atoms with E-state index in [0.29, 0.717) is 11.1 Å². The quantitative estimate of drug-likeness (QED) is 0.730.